The topological polar surface area (TPSA) is 87.1 Å². The average molecular weight is 486 g/mol. The summed E-state index contributed by atoms with van der Waals surface area (Å²) in [5.41, 5.74) is 5.11. The number of carbonyl (C=O) groups excluding carboxylic acids is 2. The smallest absolute Gasteiger partial charge is 0.300 e. The maximum Gasteiger partial charge on any atom is 0.300 e. The lowest BCUT2D eigenvalue weighted by Gasteiger charge is -2.26. The van der Waals surface area contributed by atoms with Gasteiger partial charge in [-0.15, -0.1) is 0 Å². The maximum absolute atomic E-state index is 13.5. The summed E-state index contributed by atoms with van der Waals surface area (Å²) in [6.45, 7) is 9.76. The van der Waals surface area contributed by atoms with Gasteiger partial charge in [-0.05, 0) is 90.9 Å². The van der Waals surface area contributed by atoms with E-state index in [-0.39, 0.29) is 23.0 Å². The van der Waals surface area contributed by atoms with Crippen molar-refractivity contribution in [3.05, 3.63) is 93.6 Å². The van der Waals surface area contributed by atoms with Crippen molar-refractivity contribution in [1.82, 2.24) is 0 Å². The number of hydrogen-bond acceptors (Lipinski definition) is 5. The normalized spacial score (nSPS) is 17.2. The molecule has 0 aliphatic carbocycles. The molecule has 1 unspecified atom stereocenters. The van der Waals surface area contributed by atoms with Crippen LogP contribution in [0, 0.1) is 20.8 Å². The number of aromatic hydroxyl groups is 1. The Kier molecular flexibility index (Phi) is 6.63. The predicted molar refractivity (Wildman–Crippen MR) is 141 cm³/mol. The SMILES string of the molecule is COc1cc(C)c(/C(O)=C2\C(=O)C(=O)N(c3ccc(C)c(C)c3)C2c2cccc(O)c2)cc1C(C)C. The van der Waals surface area contributed by atoms with Crippen LogP contribution in [0.25, 0.3) is 5.76 Å². The average Bonchev–Trinajstić information content (AvgIpc) is 3.10. The highest BCUT2D eigenvalue weighted by atomic mass is 16.5. The molecule has 36 heavy (non-hydrogen) atoms. The third-order valence-corrected chi connectivity index (χ3v) is 6.85. The fraction of sp³-hybridized carbons (Fsp3) is 0.267. The number of methoxy groups -OCH3 is 1. The van der Waals surface area contributed by atoms with E-state index in [0.717, 1.165) is 16.7 Å². The summed E-state index contributed by atoms with van der Waals surface area (Å²) in [4.78, 5) is 28.3. The number of phenolic OH excluding ortho intramolecular Hbond substituents is 1. The van der Waals surface area contributed by atoms with Crippen LogP contribution < -0.4 is 9.64 Å². The summed E-state index contributed by atoms with van der Waals surface area (Å²) >= 11 is 0. The van der Waals surface area contributed by atoms with Crippen molar-refractivity contribution in [3.63, 3.8) is 0 Å². The first-order valence-corrected chi connectivity index (χ1v) is 11.9. The number of benzene rings is 3. The number of aliphatic hydroxyl groups excluding tert-OH is 1. The van der Waals surface area contributed by atoms with Crippen LogP contribution in [0.4, 0.5) is 5.69 Å². The third kappa shape index (κ3) is 4.24. The zero-order chi connectivity index (χ0) is 26.3. The van der Waals surface area contributed by atoms with Crippen LogP contribution in [0.3, 0.4) is 0 Å². The monoisotopic (exact) mass is 485 g/mol. The first-order chi connectivity index (χ1) is 17.0. The fourth-order valence-electron chi connectivity index (χ4n) is 4.71. The van der Waals surface area contributed by atoms with E-state index in [4.69, 9.17) is 4.74 Å². The lowest BCUT2D eigenvalue weighted by Crippen LogP contribution is -2.29. The van der Waals surface area contributed by atoms with Gasteiger partial charge in [0, 0.05) is 11.3 Å². The van der Waals surface area contributed by atoms with Crippen molar-refractivity contribution in [1.29, 1.82) is 0 Å². The molecule has 1 heterocycles. The van der Waals surface area contributed by atoms with E-state index in [9.17, 15) is 19.8 Å². The molecule has 1 aliphatic rings. The zero-order valence-corrected chi connectivity index (χ0v) is 21.4. The number of rotatable bonds is 5. The zero-order valence-electron chi connectivity index (χ0n) is 21.4. The number of Topliss-reactive ketones (excluding diaryl/α,β-unsaturated/α-hetero) is 1. The maximum atomic E-state index is 13.5. The molecular weight excluding hydrogens is 454 g/mol. The molecule has 0 saturated carbocycles. The summed E-state index contributed by atoms with van der Waals surface area (Å²) in [7, 11) is 1.59. The Balaban J connectivity index is 2.00. The van der Waals surface area contributed by atoms with Crippen molar-refractivity contribution < 1.29 is 24.5 Å². The molecule has 4 rings (SSSR count). The highest BCUT2D eigenvalue weighted by Gasteiger charge is 2.47. The molecular formula is C30H31NO5. The number of phenols is 1. The highest BCUT2D eigenvalue weighted by molar-refractivity contribution is 6.51. The number of hydrogen-bond donors (Lipinski definition) is 2. The first-order valence-electron chi connectivity index (χ1n) is 11.9. The Morgan fingerprint density at radius 1 is 0.944 bits per heavy atom. The molecule has 0 spiro atoms. The van der Waals surface area contributed by atoms with Crippen LogP contribution in [-0.4, -0.2) is 29.0 Å². The second-order valence-corrected chi connectivity index (χ2v) is 9.60. The van der Waals surface area contributed by atoms with Gasteiger partial charge in [-0.25, -0.2) is 0 Å². The number of nitrogens with zero attached hydrogens (tertiary/aromatic N) is 1. The molecule has 0 aromatic heterocycles. The van der Waals surface area contributed by atoms with Gasteiger partial charge in [0.15, 0.2) is 0 Å². The quantitative estimate of drug-likeness (QED) is 0.260. The fourth-order valence-corrected chi connectivity index (χ4v) is 4.71. The number of aryl methyl sites for hydroxylation is 3. The Morgan fingerprint density at radius 2 is 1.67 bits per heavy atom. The Morgan fingerprint density at radius 3 is 2.28 bits per heavy atom. The highest BCUT2D eigenvalue weighted by Crippen LogP contribution is 2.44. The third-order valence-electron chi connectivity index (χ3n) is 6.85. The molecule has 3 aromatic carbocycles. The molecule has 1 fully saturated rings. The second kappa shape index (κ2) is 9.53. The molecule has 0 radical (unpaired) electrons. The molecule has 6 nitrogen and oxygen atoms in total. The van der Waals surface area contributed by atoms with E-state index >= 15 is 0 Å². The van der Waals surface area contributed by atoms with Crippen molar-refractivity contribution in [2.45, 2.75) is 46.6 Å². The van der Waals surface area contributed by atoms with E-state index < -0.39 is 17.7 Å². The second-order valence-electron chi connectivity index (χ2n) is 9.60. The van der Waals surface area contributed by atoms with E-state index in [0.29, 0.717) is 28.1 Å². The van der Waals surface area contributed by atoms with Gasteiger partial charge in [0.05, 0.1) is 18.7 Å². The van der Waals surface area contributed by atoms with Gasteiger partial charge in [-0.1, -0.05) is 32.0 Å². The molecule has 6 heteroatoms. The molecule has 1 atom stereocenters. The van der Waals surface area contributed by atoms with E-state index in [1.807, 2.05) is 58.9 Å². The minimum atomic E-state index is -0.914. The Labute approximate surface area is 211 Å². The van der Waals surface area contributed by atoms with Crippen molar-refractivity contribution >= 4 is 23.1 Å². The summed E-state index contributed by atoms with van der Waals surface area (Å²) in [5.74, 6) is -0.967. The molecule has 0 bridgehead atoms. The number of ketones is 1. The summed E-state index contributed by atoms with van der Waals surface area (Å²) in [5, 5.41) is 21.8. The van der Waals surface area contributed by atoms with Gasteiger partial charge < -0.3 is 14.9 Å². The Bertz CT molecular complexity index is 1400. The van der Waals surface area contributed by atoms with Crippen LogP contribution in [0.1, 0.15) is 59.2 Å². The summed E-state index contributed by atoms with van der Waals surface area (Å²) in [6, 6.07) is 14.7. The van der Waals surface area contributed by atoms with Gasteiger partial charge in [0.25, 0.3) is 11.7 Å². The Hall–Kier alpha value is -4.06. The van der Waals surface area contributed by atoms with E-state index in [1.54, 1.807) is 25.3 Å². The van der Waals surface area contributed by atoms with E-state index in [2.05, 4.69) is 0 Å². The van der Waals surface area contributed by atoms with Crippen LogP contribution in [0.5, 0.6) is 11.5 Å². The molecule has 1 aliphatic heterocycles. The van der Waals surface area contributed by atoms with Crippen LogP contribution in [0.15, 0.2) is 60.2 Å². The van der Waals surface area contributed by atoms with Gasteiger partial charge in [-0.3, -0.25) is 14.5 Å². The van der Waals surface area contributed by atoms with Gasteiger partial charge in [0.2, 0.25) is 0 Å². The molecule has 186 valence electrons. The van der Waals surface area contributed by atoms with Gasteiger partial charge in [-0.2, -0.15) is 0 Å². The number of ether oxygens (including phenoxy) is 1. The van der Waals surface area contributed by atoms with Crippen molar-refractivity contribution in [2.24, 2.45) is 0 Å². The first kappa shape index (κ1) is 25.0. The van der Waals surface area contributed by atoms with Gasteiger partial charge >= 0.3 is 0 Å². The van der Waals surface area contributed by atoms with Crippen LogP contribution in [-0.2, 0) is 9.59 Å². The minimum Gasteiger partial charge on any atom is -0.508 e. The largest absolute Gasteiger partial charge is 0.508 e. The predicted octanol–water partition coefficient (Wildman–Crippen LogP) is 6.08. The van der Waals surface area contributed by atoms with Crippen molar-refractivity contribution in [2.75, 3.05) is 12.0 Å². The standard InChI is InChI=1S/C30H31NO5/c1-16(2)23-15-24(19(5)13-25(23)36-6)28(33)26-27(20-8-7-9-22(32)14-20)31(30(35)29(26)34)21-11-10-17(3)18(4)12-21/h7-16,27,32-33H,1-6H3/b28-26+. The van der Waals surface area contributed by atoms with Crippen LogP contribution in [0.2, 0.25) is 0 Å². The molecule has 3 aromatic rings. The summed E-state index contributed by atoms with van der Waals surface area (Å²) in [6.07, 6.45) is 0. The lowest BCUT2D eigenvalue weighted by atomic mass is 9.91. The molecule has 1 amide bonds. The number of anilines is 1. The van der Waals surface area contributed by atoms with Gasteiger partial charge in [0.1, 0.15) is 17.3 Å². The minimum absolute atomic E-state index is 0.000830. The number of amides is 1. The number of aliphatic hydroxyl groups is 1. The summed E-state index contributed by atoms with van der Waals surface area (Å²) < 4.78 is 5.53. The van der Waals surface area contributed by atoms with E-state index in [1.165, 1.54) is 17.0 Å². The molecule has 1 saturated heterocycles. The molecule has 2 N–H and O–H groups in total. The van der Waals surface area contributed by atoms with Crippen LogP contribution >= 0.6 is 0 Å². The number of carbonyl (C=O) groups is 2. The lowest BCUT2D eigenvalue weighted by molar-refractivity contribution is -0.132. The van der Waals surface area contributed by atoms with Crippen molar-refractivity contribution in [3.8, 4) is 11.5 Å².